The molecule has 0 aromatic carbocycles. The van der Waals surface area contributed by atoms with Crippen molar-refractivity contribution in [2.24, 2.45) is 5.92 Å². The van der Waals surface area contributed by atoms with Crippen LogP contribution in [0.1, 0.15) is 39.5 Å². The first kappa shape index (κ1) is 13.3. The minimum atomic E-state index is 0.513. The van der Waals surface area contributed by atoms with E-state index >= 15 is 0 Å². The molecule has 1 heterocycles. The molecule has 0 aromatic rings. The second-order valence-electron chi connectivity index (χ2n) is 5.94. The Morgan fingerprint density at radius 2 is 1.88 bits per heavy atom. The van der Waals surface area contributed by atoms with Gasteiger partial charge in [0, 0.05) is 32.3 Å². The monoisotopic (exact) mass is 240 g/mol. The topological polar surface area (TPSA) is 24.5 Å². The Balaban J connectivity index is 1.72. The van der Waals surface area contributed by atoms with Gasteiger partial charge in [-0.1, -0.05) is 13.8 Å². The summed E-state index contributed by atoms with van der Waals surface area (Å²) < 4.78 is 5.44. The number of likely N-dealkylation sites (tertiary alicyclic amines) is 1. The van der Waals surface area contributed by atoms with Gasteiger partial charge < -0.3 is 10.1 Å². The van der Waals surface area contributed by atoms with Gasteiger partial charge in [0.25, 0.3) is 0 Å². The number of methoxy groups -OCH3 is 1. The number of nitrogens with zero attached hydrogens (tertiary/aromatic N) is 1. The molecule has 0 spiro atoms. The summed E-state index contributed by atoms with van der Waals surface area (Å²) in [6.45, 7) is 8.14. The summed E-state index contributed by atoms with van der Waals surface area (Å²) in [6, 6.07) is 1.47. The van der Waals surface area contributed by atoms with Gasteiger partial charge in [-0.2, -0.15) is 0 Å². The molecule has 2 atom stereocenters. The smallest absolute Gasteiger partial charge is 0.0595 e. The lowest BCUT2D eigenvalue weighted by atomic mass is 9.77. The van der Waals surface area contributed by atoms with E-state index in [4.69, 9.17) is 4.74 Å². The van der Waals surface area contributed by atoms with Crippen molar-refractivity contribution in [2.75, 3.05) is 26.7 Å². The summed E-state index contributed by atoms with van der Waals surface area (Å²) in [4.78, 5) is 2.70. The highest BCUT2D eigenvalue weighted by atomic mass is 16.5. The van der Waals surface area contributed by atoms with Gasteiger partial charge in [-0.05, 0) is 38.1 Å². The van der Waals surface area contributed by atoms with Crippen LogP contribution in [0.5, 0.6) is 0 Å². The lowest BCUT2D eigenvalue weighted by Crippen LogP contribution is -2.53. The third-order valence-electron chi connectivity index (χ3n) is 4.44. The van der Waals surface area contributed by atoms with Crippen LogP contribution in [0, 0.1) is 5.92 Å². The van der Waals surface area contributed by atoms with Crippen molar-refractivity contribution >= 4 is 0 Å². The molecule has 3 nitrogen and oxygen atoms in total. The molecule has 1 aliphatic heterocycles. The second kappa shape index (κ2) is 6.17. The van der Waals surface area contributed by atoms with Crippen LogP contribution in [-0.2, 0) is 4.74 Å². The van der Waals surface area contributed by atoms with E-state index in [9.17, 15) is 0 Å². The first-order valence-corrected chi connectivity index (χ1v) is 7.21. The van der Waals surface area contributed by atoms with E-state index < -0.39 is 0 Å². The van der Waals surface area contributed by atoms with Crippen molar-refractivity contribution in [3.05, 3.63) is 0 Å². The zero-order chi connectivity index (χ0) is 12.3. The second-order valence-corrected chi connectivity index (χ2v) is 5.94. The van der Waals surface area contributed by atoms with Crippen LogP contribution in [-0.4, -0.2) is 49.8 Å². The van der Waals surface area contributed by atoms with Crippen molar-refractivity contribution in [1.82, 2.24) is 10.2 Å². The maximum atomic E-state index is 5.44. The molecule has 2 aliphatic rings. The van der Waals surface area contributed by atoms with E-state index in [2.05, 4.69) is 24.1 Å². The minimum absolute atomic E-state index is 0.513. The van der Waals surface area contributed by atoms with E-state index in [0.717, 1.165) is 12.0 Å². The van der Waals surface area contributed by atoms with Crippen LogP contribution in [0.15, 0.2) is 0 Å². The molecule has 1 saturated carbocycles. The van der Waals surface area contributed by atoms with E-state index in [1.54, 1.807) is 0 Å². The van der Waals surface area contributed by atoms with E-state index in [-0.39, 0.29) is 0 Å². The highest BCUT2D eigenvalue weighted by Crippen LogP contribution is 2.33. The van der Waals surface area contributed by atoms with E-state index in [0.29, 0.717) is 12.1 Å². The predicted octanol–water partition coefficient (Wildman–Crippen LogP) is 1.87. The zero-order valence-electron chi connectivity index (χ0n) is 11.6. The largest absolute Gasteiger partial charge is 0.381 e. The molecule has 2 unspecified atom stereocenters. The fraction of sp³-hybridized carbons (Fsp3) is 1.00. The molecule has 2 fully saturated rings. The van der Waals surface area contributed by atoms with Crippen molar-refractivity contribution in [3.8, 4) is 0 Å². The Hall–Kier alpha value is -0.120. The van der Waals surface area contributed by atoms with Crippen LogP contribution in [0.4, 0.5) is 0 Å². The third-order valence-corrected chi connectivity index (χ3v) is 4.44. The van der Waals surface area contributed by atoms with Gasteiger partial charge >= 0.3 is 0 Å². The zero-order valence-corrected chi connectivity index (χ0v) is 11.6. The molecule has 0 radical (unpaired) electrons. The molecular weight excluding hydrogens is 212 g/mol. The van der Waals surface area contributed by atoms with Gasteiger partial charge in [0.1, 0.15) is 0 Å². The van der Waals surface area contributed by atoms with Gasteiger partial charge in [-0.15, -0.1) is 0 Å². The molecule has 0 aromatic heterocycles. The third kappa shape index (κ3) is 3.43. The molecular formula is C14H28N2O. The summed E-state index contributed by atoms with van der Waals surface area (Å²) in [5, 5.41) is 3.59. The fourth-order valence-corrected chi connectivity index (χ4v) is 3.10. The van der Waals surface area contributed by atoms with Gasteiger partial charge in [-0.25, -0.2) is 0 Å². The molecule has 1 aliphatic carbocycles. The van der Waals surface area contributed by atoms with Gasteiger partial charge in [0.15, 0.2) is 0 Å². The van der Waals surface area contributed by atoms with Crippen molar-refractivity contribution < 1.29 is 4.74 Å². The van der Waals surface area contributed by atoms with E-state index in [1.165, 1.54) is 45.3 Å². The minimum Gasteiger partial charge on any atom is -0.381 e. The van der Waals surface area contributed by atoms with Gasteiger partial charge in [0.05, 0.1) is 6.10 Å². The molecule has 100 valence electrons. The molecule has 1 saturated heterocycles. The van der Waals surface area contributed by atoms with Crippen LogP contribution >= 0.6 is 0 Å². The first-order valence-electron chi connectivity index (χ1n) is 7.21. The van der Waals surface area contributed by atoms with Crippen LogP contribution in [0.3, 0.4) is 0 Å². The van der Waals surface area contributed by atoms with Crippen molar-refractivity contribution in [3.63, 3.8) is 0 Å². The van der Waals surface area contributed by atoms with Gasteiger partial charge in [0.2, 0.25) is 0 Å². The quantitative estimate of drug-likeness (QED) is 0.794. The number of ether oxygens (including phenoxy) is 1. The number of hydrogen-bond donors (Lipinski definition) is 1. The normalized spacial score (nSPS) is 31.8. The average Bonchev–Trinajstić information content (AvgIpc) is 2.28. The Bertz CT molecular complexity index is 224. The summed E-state index contributed by atoms with van der Waals surface area (Å²) in [7, 11) is 1.85. The van der Waals surface area contributed by atoms with Crippen molar-refractivity contribution in [1.29, 1.82) is 0 Å². The summed E-state index contributed by atoms with van der Waals surface area (Å²) in [5.74, 6) is 0.886. The van der Waals surface area contributed by atoms with Gasteiger partial charge in [-0.3, -0.25) is 4.90 Å². The summed E-state index contributed by atoms with van der Waals surface area (Å²) in [5.41, 5.74) is 0. The number of nitrogens with one attached hydrogen (secondary N) is 1. The molecule has 17 heavy (non-hydrogen) atoms. The Morgan fingerprint density at radius 3 is 2.35 bits per heavy atom. The predicted molar refractivity (Wildman–Crippen MR) is 71.3 cm³/mol. The van der Waals surface area contributed by atoms with Crippen molar-refractivity contribution in [2.45, 2.75) is 57.7 Å². The maximum Gasteiger partial charge on any atom is 0.0595 e. The lowest BCUT2D eigenvalue weighted by molar-refractivity contribution is -0.00886. The first-order chi connectivity index (χ1) is 8.20. The highest BCUT2D eigenvalue weighted by molar-refractivity contribution is 4.92. The van der Waals surface area contributed by atoms with E-state index in [1.807, 2.05) is 7.11 Å². The summed E-state index contributed by atoms with van der Waals surface area (Å²) in [6.07, 6.45) is 5.77. The average molecular weight is 240 g/mol. The highest BCUT2D eigenvalue weighted by Gasteiger charge is 2.36. The Labute approximate surface area is 106 Å². The molecule has 3 heteroatoms. The SMILES string of the molecule is COC1CCN(C2CCC2CNC(C)C)CC1. The number of hydrogen-bond acceptors (Lipinski definition) is 3. The van der Waals surface area contributed by atoms with Crippen LogP contribution in [0.2, 0.25) is 0 Å². The molecule has 2 rings (SSSR count). The molecule has 0 bridgehead atoms. The molecule has 1 N–H and O–H groups in total. The lowest BCUT2D eigenvalue weighted by Gasteiger charge is -2.47. The van der Waals surface area contributed by atoms with Crippen LogP contribution in [0.25, 0.3) is 0 Å². The number of piperidine rings is 1. The molecule has 0 amide bonds. The Kier molecular flexibility index (Phi) is 4.83. The summed E-state index contributed by atoms with van der Waals surface area (Å²) >= 11 is 0. The Morgan fingerprint density at radius 1 is 1.18 bits per heavy atom. The number of rotatable bonds is 5. The fourth-order valence-electron chi connectivity index (χ4n) is 3.10. The van der Waals surface area contributed by atoms with Crippen LogP contribution < -0.4 is 5.32 Å². The standard InChI is InChI=1S/C14H28N2O/c1-11(2)15-10-12-4-5-14(12)16-8-6-13(17-3)7-9-16/h11-15H,4-10H2,1-3H3. The maximum absolute atomic E-state index is 5.44.